The van der Waals surface area contributed by atoms with Gasteiger partial charge in [-0.05, 0) is 54.3 Å². The van der Waals surface area contributed by atoms with E-state index in [0.29, 0.717) is 30.9 Å². The van der Waals surface area contributed by atoms with E-state index in [-0.39, 0.29) is 24.2 Å². The van der Waals surface area contributed by atoms with Crippen molar-refractivity contribution in [3.05, 3.63) is 83.4 Å². The molecule has 1 aromatic carbocycles. The molecule has 4 rings (SSSR count). The Labute approximate surface area is 192 Å². The first kappa shape index (κ1) is 22.7. The monoisotopic (exact) mass is 449 g/mol. The average Bonchev–Trinajstić information content (AvgIpc) is 3.33. The van der Waals surface area contributed by atoms with Gasteiger partial charge in [0.15, 0.2) is 0 Å². The number of anilines is 2. The summed E-state index contributed by atoms with van der Waals surface area (Å²) in [6, 6.07) is 13.8. The van der Waals surface area contributed by atoms with Crippen LogP contribution in [0.4, 0.5) is 16.0 Å². The Bertz CT molecular complexity index is 1080. The summed E-state index contributed by atoms with van der Waals surface area (Å²) in [6.45, 7) is 2.57. The fraction of sp³-hybridized carbons (Fsp3) is 0.320. The lowest BCUT2D eigenvalue weighted by atomic mass is 10.1. The molecular weight excluding hydrogens is 421 g/mol. The molecular formula is C25H28FN5O2. The molecule has 1 atom stereocenters. The molecule has 1 saturated heterocycles. The number of pyridine rings is 2. The standard InChI is InChI=1S/C25H28FN5O2/c26-21-5-1-3-18(13-21)8-11-28-24-22(25(33)29-15-19-4-2-10-27-14-19)6-7-23(30-24)31-12-9-20(16-31)17-32/h1-7,10,13-14,20,32H,8-9,11-12,15-17H2,(H,28,30)(H,29,33)/t20-/m1/s1. The number of nitrogens with one attached hydrogen (secondary N) is 2. The zero-order valence-corrected chi connectivity index (χ0v) is 18.4. The van der Waals surface area contributed by atoms with Crippen molar-refractivity contribution < 1.29 is 14.3 Å². The van der Waals surface area contributed by atoms with Crippen molar-refractivity contribution in [1.82, 2.24) is 15.3 Å². The van der Waals surface area contributed by atoms with Crippen LogP contribution in [0.15, 0.2) is 60.9 Å². The molecule has 1 aliphatic rings. The maximum atomic E-state index is 13.5. The van der Waals surface area contributed by atoms with E-state index in [4.69, 9.17) is 4.98 Å². The van der Waals surface area contributed by atoms with E-state index >= 15 is 0 Å². The molecule has 0 aliphatic carbocycles. The molecule has 33 heavy (non-hydrogen) atoms. The number of hydrogen-bond donors (Lipinski definition) is 3. The van der Waals surface area contributed by atoms with Crippen molar-refractivity contribution in [2.75, 3.05) is 36.5 Å². The zero-order valence-electron chi connectivity index (χ0n) is 18.4. The number of benzene rings is 1. The first-order valence-corrected chi connectivity index (χ1v) is 11.1. The molecule has 0 saturated carbocycles. The van der Waals surface area contributed by atoms with Crippen molar-refractivity contribution in [3.63, 3.8) is 0 Å². The van der Waals surface area contributed by atoms with E-state index < -0.39 is 0 Å². The Morgan fingerprint density at radius 1 is 1.18 bits per heavy atom. The summed E-state index contributed by atoms with van der Waals surface area (Å²) in [6.07, 6.45) is 4.91. The highest BCUT2D eigenvalue weighted by Gasteiger charge is 2.24. The van der Waals surface area contributed by atoms with Gasteiger partial charge in [-0.15, -0.1) is 0 Å². The first-order valence-electron chi connectivity index (χ1n) is 11.1. The maximum Gasteiger partial charge on any atom is 0.255 e. The molecule has 1 aliphatic heterocycles. The van der Waals surface area contributed by atoms with Crippen LogP contribution in [0.3, 0.4) is 0 Å². The minimum Gasteiger partial charge on any atom is -0.396 e. The molecule has 1 amide bonds. The molecule has 2 aromatic heterocycles. The number of amides is 1. The van der Waals surface area contributed by atoms with Crippen LogP contribution in [0.1, 0.15) is 27.9 Å². The van der Waals surface area contributed by atoms with Crippen LogP contribution in [-0.4, -0.2) is 47.2 Å². The van der Waals surface area contributed by atoms with Crippen molar-refractivity contribution in [3.8, 4) is 0 Å². The molecule has 172 valence electrons. The van der Waals surface area contributed by atoms with Crippen LogP contribution in [0, 0.1) is 11.7 Å². The highest BCUT2D eigenvalue weighted by molar-refractivity contribution is 5.99. The van der Waals surface area contributed by atoms with Crippen molar-refractivity contribution in [1.29, 1.82) is 0 Å². The van der Waals surface area contributed by atoms with Crippen LogP contribution in [0.5, 0.6) is 0 Å². The highest BCUT2D eigenvalue weighted by Crippen LogP contribution is 2.25. The van der Waals surface area contributed by atoms with Gasteiger partial charge in [0.1, 0.15) is 17.5 Å². The second-order valence-corrected chi connectivity index (χ2v) is 8.20. The number of halogens is 1. The van der Waals surface area contributed by atoms with Gasteiger partial charge in [-0.25, -0.2) is 9.37 Å². The minimum atomic E-state index is -0.268. The van der Waals surface area contributed by atoms with Gasteiger partial charge in [-0.2, -0.15) is 0 Å². The van der Waals surface area contributed by atoms with E-state index in [1.807, 2.05) is 24.3 Å². The van der Waals surface area contributed by atoms with Gasteiger partial charge in [0.05, 0.1) is 5.56 Å². The molecule has 8 heteroatoms. The van der Waals surface area contributed by atoms with E-state index in [0.717, 1.165) is 36.5 Å². The second-order valence-electron chi connectivity index (χ2n) is 8.20. The van der Waals surface area contributed by atoms with E-state index in [2.05, 4.69) is 20.5 Å². The normalized spacial score (nSPS) is 15.5. The van der Waals surface area contributed by atoms with Gasteiger partial charge in [-0.1, -0.05) is 18.2 Å². The van der Waals surface area contributed by atoms with Crippen LogP contribution < -0.4 is 15.5 Å². The zero-order chi connectivity index (χ0) is 23.0. The fourth-order valence-corrected chi connectivity index (χ4v) is 3.93. The van der Waals surface area contributed by atoms with Gasteiger partial charge < -0.3 is 20.6 Å². The minimum absolute atomic E-state index is 0.157. The summed E-state index contributed by atoms with van der Waals surface area (Å²) in [5, 5.41) is 15.6. The van der Waals surface area contributed by atoms with E-state index in [9.17, 15) is 14.3 Å². The van der Waals surface area contributed by atoms with E-state index in [1.54, 1.807) is 24.5 Å². The average molecular weight is 450 g/mol. The van der Waals surface area contributed by atoms with Crippen LogP contribution in [-0.2, 0) is 13.0 Å². The Morgan fingerprint density at radius 3 is 2.82 bits per heavy atom. The molecule has 3 N–H and O–H groups in total. The number of rotatable bonds is 9. The van der Waals surface area contributed by atoms with Gasteiger partial charge in [0, 0.05) is 51.1 Å². The van der Waals surface area contributed by atoms with Gasteiger partial charge in [0.2, 0.25) is 0 Å². The molecule has 3 heterocycles. The van der Waals surface area contributed by atoms with Gasteiger partial charge in [0.25, 0.3) is 5.91 Å². The summed E-state index contributed by atoms with van der Waals surface area (Å²) >= 11 is 0. The fourth-order valence-electron chi connectivity index (χ4n) is 3.93. The Morgan fingerprint density at radius 2 is 2.06 bits per heavy atom. The number of aromatic nitrogens is 2. The largest absolute Gasteiger partial charge is 0.396 e. The first-order chi connectivity index (χ1) is 16.1. The Kier molecular flexibility index (Phi) is 7.47. The number of hydrogen-bond acceptors (Lipinski definition) is 6. The smallest absolute Gasteiger partial charge is 0.255 e. The number of carbonyl (C=O) groups is 1. The van der Waals surface area contributed by atoms with Crippen LogP contribution >= 0.6 is 0 Å². The topological polar surface area (TPSA) is 90.4 Å². The third-order valence-corrected chi connectivity index (χ3v) is 5.76. The van der Waals surface area contributed by atoms with Crippen molar-refractivity contribution >= 4 is 17.5 Å². The molecule has 0 bridgehead atoms. The molecule has 0 radical (unpaired) electrons. The Balaban J connectivity index is 1.49. The molecule has 7 nitrogen and oxygen atoms in total. The van der Waals surface area contributed by atoms with Gasteiger partial charge in [-0.3, -0.25) is 9.78 Å². The van der Waals surface area contributed by atoms with Gasteiger partial charge >= 0.3 is 0 Å². The molecule has 0 spiro atoms. The Hall–Kier alpha value is -3.52. The summed E-state index contributed by atoms with van der Waals surface area (Å²) in [7, 11) is 0. The number of nitrogens with zero attached hydrogens (tertiary/aromatic N) is 3. The van der Waals surface area contributed by atoms with Crippen molar-refractivity contribution in [2.24, 2.45) is 5.92 Å². The number of aliphatic hydroxyl groups excluding tert-OH is 1. The summed E-state index contributed by atoms with van der Waals surface area (Å²) in [5.41, 5.74) is 2.22. The number of carbonyl (C=O) groups excluding carboxylic acids is 1. The molecule has 1 fully saturated rings. The lowest BCUT2D eigenvalue weighted by molar-refractivity contribution is 0.0951. The third-order valence-electron chi connectivity index (χ3n) is 5.76. The summed E-state index contributed by atoms with van der Waals surface area (Å²) < 4.78 is 13.5. The highest BCUT2D eigenvalue weighted by atomic mass is 19.1. The predicted molar refractivity (Wildman–Crippen MR) is 126 cm³/mol. The molecule has 0 unspecified atom stereocenters. The lowest BCUT2D eigenvalue weighted by Gasteiger charge is -2.20. The SMILES string of the molecule is O=C(NCc1cccnc1)c1ccc(N2CC[C@@H](CO)C2)nc1NCCc1cccc(F)c1. The van der Waals surface area contributed by atoms with Crippen LogP contribution in [0.25, 0.3) is 0 Å². The quantitative estimate of drug-likeness (QED) is 0.465. The van der Waals surface area contributed by atoms with Crippen LogP contribution in [0.2, 0.25) is 0 Å². The second kappa shape index (κ2) is 10.9. The summed E-state index contributed by atoms with van der Waals surface area (Å²) in [5.74, 6) is 0.984. The predicted octanol–water partition coefficient (Wildman–Crippen LogP) is 3.02. The summed E-state index contributed by atoms with van der Waals surface area (Å²) in [4.78, 5) is 23.9. The third kappa shape index (κ3) is 6.04. The van der Waals surface area contributed by atoms with Crippen molar-refractivity contribution in [2.45, 2.75) is 19.4 Å². The maximum absolute atomic E-state index is 13.5. The van der Waals surface area contributed by atoms with E-state index in [1.165, 1.54) is 12.1 Å². The molecule has 3 aromatic rings. The number of aliphatic hydroxyl groups is 1. The lowest BCUT2D eigenvalue weighted by Crippen LogP contribution is -2.26.